The lowest BCUT2D eigenvalue weighted by atomic mass is 9.99. The summed E-state index contributed by atoms with van der Waals surface area (Å²) in [6, 6.07) is 7.16. The number of nitrogen functional groups attached to an aromatic ring is 1. The van der Waals surface area contributed by atoms with Gasteiger partial charge in [0.15, 0.2) is 0 Å². The minimum absolute atomic E-state index is 0.0944. The fourth-order valence-electron chi connectivity index (χ4n) is 3.42. The molecule has 0 saturated carbocycles. The van der Waals surface area contributed by atoms with Crippen LogP contribution in [0.2, 0.25) is 0 Å². The van der Waals surface area contributed by atoms with Gasteiger partial charge in [0, 0.05) is 28.8 Å². The van der Waals surface area contributed by atoms with E-state index in [9.17, 15) is 5.11 Å². The lowest BCUT2D eigenvalue weighted by Gasteiger charge is -2.37. The molecule has 0 radical (unpaired) electrons. The van der Waals surface area contributed by atoms with E-state index in [0.29, 0.717) is 12.1 Å². The molecule has 2 aliphatic rings. The first-order valence-corrected chi connectivity index (χ1v) is 7.41. The lowest BCUT2D eigenvalue weighted by molar-refractivity contribution is 0.0309. The maximum Gasteiger partial charge on any atom is 0.0570 e. The predicted octanol–water partition coefficient (Wildman–Crippen LogP) is 2.52. The Labute approximate surface area is 116 Å². The van der Waals surface area contributed by atoms with Gasteiger partial charge in [0.25, 0.3) is 0 Å². The maximum absolute atomic E-state index is 9.82. The van der Waals surface area contributed by atoms with E-state index in [2.05, 4.69) is 26.9 Å². The van der Waals surface area contributed by atoms with E-state index in [4.69, 9.17) is 5.73 Å². The maximum atomic E-state index is 9.82. The second kappa shape index (κ2) is 4.83. The van der Waals surface area contributed by atoms with E-state index < -0.39 is 0 Å². The summed E-state index contributed by atoms with van der Waals surface area (Å²) in [4.78, 5) is 2.55. The molecule has 18 heavy (non-hydrogen) atoms. The van der Waals surface area contributed by atoms with Crippen molar-refractivity contribution in [1.82, 2.24) is 4.90 Å². The number of benzene rings is 1. The molecule has 2 saturated heterocycles. The number of nitrogens with zero attached hydrogens (tertiary/aromatic N) is 1. The molecule has 2 atom stereocenters. The average molecular weight is 311 g/mol. The van der Waals surface area contributed by atoms with Crippen LogP contribution in [-0.2, 0) is 6.54 Å². The predicted molar refractivity (Wildman–Crippen MR) is 76.1 cm³/mol. The van der Waals surface area contributed by atoms with Crippen molar-refractivity contribution in [2.75, 3.05) is 5.73 Å². The number of aliphatic hydroxyl groups excluding tert-OH is 1. The zero-order valence-corrected chi connectivity index (χ0v) is 11.9. The molecule has 3 N–H and O–H groups in total. The fraction of sp³-hybridized carbons (Fsp3) is 0.571. The number of hydrogen-bond donors (Lipinski definition) is 2. The molecule has 98 valence electrons. The van der Waals surface area contributed by atoms with Crippen molar-refractivity contribution in [1.29, 1.82) is 0 Å². The third kappa shape index (κ3) is 2.17. The monoisotopic (exact) mass is 310 g/mol. The quantitative estimate of drug-likeness (QED) is 0.825. The fourth-order valence-corrected chi connectivity index (χ4v) is 3.81. The van der Waals surface area contributed by atoms with Crippen LogP contribution in [0, 0.1) is 0 Å². The molecule has 2 fully saturated rings. The van der Waals surface area contributed by atoms with Gasteiger partial charge in [-0.2, -0.15) is 0 Å². The lowest BCUT2D eigenvalue weighted by Crippen LogP contribution is -2.44. The third-order valence-corrected chi connectivity index (χ3v) is 5.29. The highest BCUT2D eigenvalue weighted by atomic mass is 79.9. The summed E-state index contributed by atoms with van der Waals surface area (Å²) in [5.74, 6) is 0. The van der Waals surface area contributed by atoms with Crippen LogP contribution in [0.4, 0.5) is 5.69 Å². The zero-order chi connectivity index (χ0) is 12.7. The highest BCUT2D eigenvalue weighted by Crippen LogP contribution is 2.38. The highest BCUT2D eigenvalue weighted by Gasteiger charge is 2.40. The van der Waals surface area contributed by atoms with E-state index in [0.717, 1.165) is 29.5 Å². The third-order valence-electron chi connectivity index (χ3n) is 4.32. The van der Waals surface area contributed by atoms with Gasteiger partial charge in [-0.05, 0) is 53.2 Å². The zero-order valence-electron chi connectivity index (χ0n) is 10.3. The molecule has 3 nitrogen and oxygen atoms in total. The average Bonchev–Trinajstić information content (AvgIpc) is 2.58. The summed E-state index contributed by atoms with van der Waals surface area (Å²) in [6.45, 7) is 0.938. The van der Waals surface area contributed by atoms with Gasteiger partial charge in [-0.25, -0.2) is 0 Å². The van der Waals surface area contributed by atoms with Crippen molar-refractivity contribution in [3.63, 3.8) is 0 Å². The Morgan fingerprint density at radius 3 is 2.61 bits per heavy atom. The van der Waals surface area contributed by atoms with Crippen molar-refractivity contribution in [3.05, 3.63) is 28.2 Å². The molecule has 3 rings (SSSR count). The molecule has 2 heterocycles. The van der Waals surface area contributed by atoms with Crippen molar-refractivity contribution >= 4 is 21.6 Å². The second-order valence-electron chi connectivity index (χ2n) is 5.50. The van der Waals surface area contributed by atoms with Crippen LogP contribution < -0.4 is 5.73 Å². The number of aliphatic hydroxyl groups is 1. The molecule has 1 aromatic rings. The number of nitrogens with two attached hydrogens (primary N) is 1. The molecule has 0 spiro atoms. The van der Waals surface area contributed by atoms with Crippen molar-refractivity contribution in [2.24, 2.45) is 0 Å². The van der Waals surface area contributed by atoms with Crippen molar-refractivity contribution in [2.45, 2.75) is 50.4 Å². The van der Waals surface area contributed by atoms with Crippen molar-refractivity contribution < 1.29 is 5.11 Å². The van der Waals surface area contributed by atoms with Crippen LogP contribution in [-0.4, -0.2) is 28.2 Å². The van der Waals surface area contributed by atoms with E-state index >= 15 is 0 Å². The van der Waals surface area contributed by atoms with Crippen LogP contribution in [0.5, 0.6) is 0 Å². The molecular weight excluding hydrogens is 292 g/mol. The van der Waals surface area contributed by atoms with Crippen molar-refractivity contribution in [3.8, 4) is 0 Å². The van der Waals surface area contributed by atoms with Gasteiger partial charge in [0.2, 0.25) is 0 Å². The number of anilines is 1. The van der Waals surface area contributed by atoms with Crippen LogP contribution in [0.1, 0.15) is 31.2 Å². The van der Waals surface area contributed by atoms with Gasteiger partial charge in [-0.15, -0.1) is 0 Å². The number of fused-ring (bicyclic) bond motifs is 2. The minimum atomic E-state index is -0.0944. The normalized spacial score (nSPS) is 31.8. The summed E-state index contributed by atoms with van der Waals surface area (Å²) in [7, 11) is 0. The number of halogens is 1. The number of hydrogen-bond acceptors (Lipinski definition) is 3. The summed E-state index contributed by atoms with van der Waals surface area (Å²) in [6.07, 6.45) is 4.21. The van der Waals surface area contributed by atoms with Gasteiger partial charge in [0.1, 0.15) is 0 Å². The second-order valence-corrected chi connectivity index (χ2v) is 6.30. The van der Waals surface area contributed by atoms with Crippen LogP contribution in [0.25, 0.3) is 0 Å². The Bertz CT molecular complexity index is 437. The first-order chi connectivity index (χ1) is 8.65. The van der Waals surface area contributed by atoms with Gasteiger partial charge in [0.05, 0.1) is 6.10 Å². The summed E-state index contributed by atoms with van der Waals surface area (Å²) < 4.78 is 1.02. The Morgan fingerprint density at radius 1 is 1.28 bits per heavy atom. The number of rotatable bonds is 2. The Balaban J connectivity index is 1.79. The largest absolute Gasteiger partial charge is 0.398 e. The summed E-state index contributed by atoms with van der Waals surface area (Å²) in [5, 5.41) is 9.82. The molecule has 0 amide bonds. The molecule has 2 aliphatic heterocycles. The smallest absolute Gasteiger partial charge is 0.0570 e. The highest BCUT2D eigenvalue weighted by molar-refractivity contribution is 9.10. The van der Waals surface area contributed by atoms with Crippen LogP contribution in [0.15, 0.2) is 22.7 Å². The Morgan fingerprint density at radius 2 is 1.94 bits per heavy atom. The number of piperidine rings is 1. The Hall–Kier alpha value is -0.580. The van der Waals surface area contributed by atoms with E-state index in [1.165, 1.54) is 18.4 Å². The SMILES string of the molecule is Nc1cccc(CN2C3CCC2CC(O)C3)c1Br. The van der Waals surface area contributed by atoms with Gasteiger partial charge < -0.3 is 10.8 Å². The molecular formula is C14H19BrN2O. The molecule has 1 aromatic carbocycles. The van der Waals surface area contributed by atoms with Gasteiger partial charge in [-0.3, -0.25) is 4.90 Å². The summed E-state index contributed by atoms with van der Waals surface area (Å²) >= 11 is 3.58. The van der Waals surface area contributed by atoms with Gasteiger partial charge >= 0.3 is 0 Å². The van der Waals surface area contributed by atoms with Crippen LogP contribution in [0.3, 0.4) is 0 Å². The molecule has 0 aliphatic carbocycles. The molecule has 4 heteroatoms. The van der Waals surface area contributed by atoms with E-state index in [1.54, 1.807) is 0 Å². The summed E-state index contributed by atoms with van der Waals surface area (Å²) in [5.41, 5.74) is 7.98. The van der Waals surface area contributed by atoms with E-state index in [-0.39, 0.29) is 6.10 Å². The first-order valence-electron chi connectivity index (χ1n) is 6.62. The topological polar surface area (TPSA) is 49.5 Å². The molecule has 2 bridgehead atoms. The van der Waals surface area contributed by atoms with Gasteiger partial charge in [-0.1, -0.05) is 12.1 Å². The standard InChI is InChI=1S/C14H19BrN2O/c15-14-9(2-1-3-13(14)16)8-17-10-4-5-11(17)7-12(18)6-10/h1-3,10-12,18H,4-8,16H2. The molecule has 2 unspecified atom stereocenters. The first kappa shape index (κ1) is 12.5. The van der Waals surface area contributed by atoms with E-state index in [1.807, 2.05) is 12.1 Å². The minimum Gasteiger partial charge on any atom is -0.398 e. The molecule has 0 aromatic heterocycles. The Kier molecular flexibility index (Phi) is 3.34. The van der Waals surface area contributed by atoms with Crippen LogP contribution >= 0.6 is 15.9 Å².